The summed E-state index contributed by atoms with van der Waals surface area (Å²) in [6.45, 7) is 5.80. The van der Waals surface area contributed by atoms with E-state index in [2.05, 4.69) is 28.2 Å². The third-order valence-electron chi connectivity index (χ3n) is 4.80. The van der Waals surface area contributed by atoms with Crippen molar-refractivity contribution >= 4 is 17.2 Å². The number of fused-ring (bicyclic) bond motifs is 1. The number of nitrogens with one attached hydrogen (secondary N) is 1. The van der Waals surface area contributed by atoms with Gasteiger partial charge in [0, 0.05) is 11.4 Å². The minimum atomic E-state index is -0.248. The second kappa shape index (κ2) is 6.29. The van der Waals surface area contributed by atoms with E-state index in [0.717, 1.165) is 29.5 Å². The number of ether oxygens (including phenoxy) is 1. The maximum atomic E-state index is 12.9. The molecule has 2 atom stereocenters. The van der Waals surface area contributed by atoms with Crippen molar-refractivity contribution in [2.45, 2.75) is 39.2 Å². The molecular formula is C17H22N4O2S. The number of aryl methyl sites for hydroxylation is 2. The van der Waals surface area contributed by atoms with E-state index >= 15 is 0 Å². The largest absolute Gasteiger partial charge is 0.366 e. The van der Waals surface area contributed by atoms with Gasteiger partial charge in [-0.2, -0.15) is 5.10 Å². The van der Waals surface area contributed by atoms with E-state index in [1.54, 1.807) is 11.3 Å². The SMILES string of the molecule is Cc1nc(C2CN(C(=O)c3cc4c(s3)CCC(C)C4)CCO2)n[nH]1. The van der Waals surface area contributed by atoms with Crippen LogP contribution in [0, 0.1) is 12.8 Å². The quantitative estimate of drug-likeness (QED) is 0.907. The Bertz CT molecular complexity index is 754. The second-order valence-corrected chi connectivity index (χ2v) is 7.93. The second-order valence-electron chi connectivity index (χ2n) is 6.80. The summed E-state index contributed by atoms with van der Waals surface area (Å²) in [6.07, 6.45) is 3.19. The molecule has 2 aliphatic rings. The first kappa shape index (κ1) is 15.8. The van der Waals surface area contributed by atoms with Crippen molar-refractivity contribution in [2.75, 3.05) is 19.7 Å². The van der Waals surface area contributed by atoms with Gasteiger partial charge in [0.05, 0.1) is 18.0 Å². The molecule has 4 rings (SSSR count). The number of hydrogen-bond acceptors (Lipinski definition) is 5. The minimum absolute atomic E-state index is 0.114. The van der Waals surface area contributed by atoms with E-state index < -0.39 is 0 Å². The number of amides is 1. The van der Waals surface area contributed by atoms with Crippen LogP contribution in [0.2, 0.25) is 0 Å². The Morgan fingerprint density at radius 2 is 2.38 bits per heavy atom. The number of hydrogen-bond donors (Lipinski definition) is 1. The Morgan fingerprint density at radius 1 is 1.50 bits per heavy atom. The highest BCUT2D eigenvalue weighted by molar-refractivity contribution is 7.14. The summed E-state index contributed by atoms with van der Waals surface area (Å²) in [6, 6.07) is 2.11. The molecule has 0 bridgehead atoms. The third-order valence-corrected chi connectivity index (χ3v) is 6.02. The van der Waals surface area contributed by atoms with Gasteiger partial charge in [-0.05, 0) is 43.7 Å². The summed E-state index contributed by atoms with van der Waals surface area (Å²) in [5.41, 5.74) is 1.37. The number of rotatable bonds is 2. The van der Waals surface area contributed by atoms with Gasteiger partial charge in [0.25, 0.3) is 5.91 Å². The Morgan fingerprint density at radius 3 is 3.17 bits per heavy atom. The molecule has 1 amide bonds. The highest BCUT2D eigenvalue weighted by Gasteiger charge is 2.30. The van der Waals surface area contributed by atoms with Crippen LogP contribution in [-0.2, 0) is 17.6 Å². The summed E-state index contributed by atoms with van der Waals surface area (Å²) < 4.78 is 5.75. The Labute approximate surface area is 145 Å². The van der Waals surface area contributed by atoms with Crippen molar-refractivity contribution in [3.8, 4) is 0 Å². The standard InChI is InChI=1S/C17H22N4O2S/c1-10-3-4-14-12(7-10)8-15(24-14)17(22)21-5-6-23-13(9-21)16-18-11(2)19-20-16/h8,10,13H,3-7,9H2,1-2H3,(H,18,19,20). The van der Waals surface area contributed by atoms with Crippen LogP contribution in [-0.4, -0.2) is 45.7 Å². The van der Waals surface area contributed by atoms with Crippen molar-refractivity contribution in [3.05, 3.63) is 33.0 Å². The van der Waals surface area contributed by atoms with Crippen LogP contribution in [0.25, 0.3) is 0 Å². The van der Waals surface area contributed by atoms with Gasteiger partial charge in [-0.25, -0.2) is 4.98 Å². The fourth-order valence-corrected chi connectivity index (χ4v) is 4.64. The lowest BCUT2D eigenvalue weighted by Crippen LogP contribution is -2.42. The molecule has 1 saturated heterocycles. The van der Waals surface area contributed by atoms with E-state index in [9.17, 15) is 4.79 Å². The number of nitrogens with zero attached hydrogens (tertiary/aromatic N) is 3. The van der Waals surface area contributed by atoms with Crippen molar-refractivity contribution < 1.29 is 9.53 Å². The van der Waals surface area contributed by atoms with Crippen molar-refractivity contribution in [1.82, 2.24) is 20.1 Å². The van der Waals surface area contributed by atoms with E-state index in [0.29, 0.717) is 25.5 Å². The van der Waals surface area contributed by atoms with E-state index in [1.807, 2.05) is 11.8 Å². The summed E-state index contributed by atoms with van der Waals surface area (Å²) in [4.78, 5) is 21.4. The van der Waals surface area contributed by atoms with Gasteiger partial charge in [-0.1, -0.05) is 6.92 Å². The molecule has 7 heteroatoms. The van der Waals surface area contributed by atoms with Gasteiger partial charge in [0.15, 0.2) is 5.82 Å². The number of aromatic nitrogens is 3. The van der Waals surface area contributed by atoms with Crippen LogP contribution in [0.3, 0.4) is 0 Å². The number of morpholine rings is 1. The zero-order valence-corrected chi connectivity index (χ0v) is 14.9. The maximum absolute atomic E-state index is 12.9. The molecule has 24 heavy (non-hydrogen) atoms. The molecule has 6 nitrogen and oxygen atoms in total. The molecule has 0 saturated carbocycles. The van der Waals surface area contributed by atoms with E-state index in [4.69, 9.17) is 4.74 Å². The first-order chi connectivity index (χ1) is 11.6. The monoisotopic (exact) mass is 346 g/mol. The van der Waals surface area contributed by atoms with Crippen molar-refractivity contribution in [3.63, 3.8) is 0 Å². The van der Waals surface area contributed by atoms with Crippen LogP contribution in [0.15, 0.2) is 6.07 Å². The first-order valence-corrected chi connectivity index (χ1v) is 9.33. The number of carbonyl (C=O) groups excluding carboxylic acids is 1. The van der Waals surface area contributed by atoms with Gasteiger partial charge in [0.2, 0.25) is 0 Å². The van der Waals surface area contributed by atoms with Gasteiger partial charge in [-0.15, -0.1) is 11.3 Å². The molecule has 0 radical (unpaired) electrons. The molecule has 0 spiro atoms. The van der Waals surface area contributed by atoms with Crippen LogP contribution in [0.5, 0.6) is 0 Å². The zero-order chi connectivity index (χ0) is 16.7. The van der Waals surface area contributed by atoms with Gasteiger partial charge < -0.3 is 9.64 Å². The lowest BCUT2D eigenvalue weighted by Gasteiger charge is -2.31. The molecule has 1 N–H and O–H groups in total. The van der Waals surface area contributed by atoms with Crippen molar-refractivity contribution in [1.29, 1.82) is 0 Å². The molecule has 2 aromatic rings. The number of thiophene rings is 1. The fraction of sp³-hybridized carbons (Fsp3) is 0.588. The first-order valence-electron chi connectivity index (χ1n) is 8.51. The van der Waals surface area contributed by atoms with Crippen molar-refractivity contribution in [2.24, 2.45) is 5.92 Å². The molecule has 3 heterocycles. The predicted octanol–water partition coefficient (Wildman–Crippen LogP) is 2.51. The summed E-state index contributed by atoms with van der Waals surface area (Å²) in [7, 11) is 0. The predicted molar refractivity (Wildman–Crippen MR) is 91.2 cm³/mol. The molecule has 1 fully saturated rings. The highest BCUT2D eigenvalue weighted by atomic mass is 32.1. The average Bonchev–Trinajstić information content (AvgIpc) is 3.20. The molecule has 128 valence electrons. The Balaban J connectivity index is 1.50. The molecule has 0 aromatic carbocycles. The van der Waals surface area contributed by atoms with Gasteiger partial charge in [-0.3, -0.25) is 9.89 Å². The van der Waals surface area contributed by atoms with Crippen LogP contribution < -0.4 is 0 Å². The Kier molecular flexibility index (Phi) is 4.14. The normalized spacial score (nSPS) is 24.0. The summed E-state index contributed by atoms with van der Waals surface area (Å²) >= 11 is 1.67. The lowest BCUT2D eigenvalue weighted by atomic mass is 9.90. The number of H-pyrrole nitrogens is 1. The van der Waals surface area contributed by atoms with Crippen LogP contribution >= 0.6 is 11.3 Å². The molecule has 1 aliphatic heterocycles. The van der Waals surface area contributed by atoms with Crippen LogP contribution in [0.4, 0.5) is 0 Å². The van der Waals surface area contributed by atoms with Gasteiger partial charge in [0.1, 0.15) is 11.9 Å². The smallest absolute Gasteiger partial charge is 0.264 e. The zero-order valence-electron chi connectivity index (χ0n) is 14.0. The maximum Gasteiger partial charge on any atom is 0.264 e. The van der Waals surface area contributed by atoms with E-state index in [1.165, 1.54) is 16.9 Å². The highest BCUT2D eigenvalue weighted by Crippen LogP contribution is 2.33. The summed E-state index contributed by atoms with van der Waals surface area (Å²) in [5.74, 6) is 2.22. The fourth-order valence-electron chi connectivity index (χ4n) is 3.46. The molecule has 2 aromatic heterocycles. The lowest BCUT2D eigenvalue weighted by molar-refractivity contribution is -0.0265. The molecular weight excluding hydrogens is 324 g/mol. The third kappa shape index (κ3) is 2.98. The number of aromatic amines is 1. The van der Waals surface area contributed by atoms with Crippen LogP contribution in [0.1, 0.15) is 51.2 Å². The Hall–Kier alpha value is -1.73. The summed E-state index contributed by atoms with van der Waals surface area (Å²) in [5, 5.41) is 7.01. The van der Waals surface area contributed by atoms with Gasteiger partial charge >= 0.3 is 0 Å². The number of carbonyl (C=O) groups is 1. The topological polar surface area (TPSA) is 71.1 Å². The van der Waals surface area contributed by atoms with E-state index in [-0.39, 0.29) is 12.0 Å². The molecule has 2 unspecified atom stereocenters. The average molecular weight is 346 g/mol. The molecule has 1 aliphatic carbocycles. The minimum Gasteiger partial charge on any atom is -0.366 e.